The summed E-state index contributed by atoms with van der Waals surface area (Å²) in [7, 11) is 1.24. The van der Waals surface area contributed by atoms with E-state index in [1.807, 2.05) is 30.3 Å². The van der Waals surface area contributed by atoms with Gasteiger partial charge in [-0.05, 0) is 62.2 Å². The summed E-state index contributed by atoms with van der Waals surface area (Å²) in [5.41, 5.74) is -4.80. The lowest BCUT2D eigenvalue weighted by molar-refractivity contribution is -0.219. The number of methoxy groups -OCH3 is 1. The number of halogens is 1. The number of allylic oxidation sites excluding steroid dienone is 4. The maximum absolute atomic E-state index is 17.4. The predicted molar refractivity (Wildman–Crippen MR) is 142 cm³/mol. The SMILES string of the molecule is COC(=O)C(Cc1ccccc1)NC(=O)C1(O)C(C)CC2C3CCC4=CC(=O)C=CC4(C)C3(F)C(O)CC21C. The Bertz CT molecular complexity index is 1250. The fourth-order valence-corrected chi connectivity index (χ4v) is 8.48. The molecule has 1 amide bonds. The van der Waals surface area contributed by atoms with Crippen molar-refractivity contribution in [1.82, 2.24) is 5.32 Å². The molecule has 4 aliphatic rings. The molecule has 0 saturated heterocycles. The summed E-state index contributed by atoms with van der Waals surface area (Å²) in [5.74, 6) is -3.10. The van der Waals surface area contributed by atoms with Crippen molar-refractivity contribution in [2.45, 2.75) is 76.3 Å². The zero-order chi connectivity index (χ0) is 28.4. The summed E-state index contributed by atoms with van der Waals surface area (Å²) < 4.78 is 22.3. The van der Waals surface area contributed by atoms with E-state index in [1.54, 1.807) is 26.8 Å². The van der Waals surface area contributed by atoms with E-state index < -0.39 is 63.9 Å². The Morgan fingerprint density at radius 2 is 1.90 bits per heavy atom. The van der Waals surface area contributed by atoms with Crippen LogP contribution in [0.25, 0.3) is 0 Å². The van der Waals surface area contributed by atoms with Crippen LogP contribution in [-0.2, 0) is 25.5 Å². The van der Waals surface area contributed by atoms with Crippen LogP contribution >= 0.6 is 0 Å². The van der Waals surface area contributed by atoms with E-state index in [9.17, 15) is 24.6 Å². The van der Waals surface area contributed by atoms with Gasteiger partial charge in [0.2, 0.25) is 0 Å². The molecule has 3 saturated carbocycles. The molecule has 3 fully saturated rings. The van der Waals surface area contributed by atoms with Crippen molar-refractivity contribution >= 4 is 17.7 Å². The Hall–Kier alpha value is -2.84. The van der Waals surface area contributed by atoms with Gasteiger partial charge in [0.1, 0.15) is 6.04 Å². The van der Waals surface area contributed by atoms with Gasteiger partial charge in [-0.3, -0.25) is 9.59 Å². The molecular formula is C31H38FNO6. The summed E-state index contributed by atoms with van der Waals surface area (Å²) in [5, 5.41) is 26.5. The molecule has 0 aliphatic heterocycles. The molecule has 3 N–H and O–H groups in total. The highest BCUT2D eigenvalue weighted by atomic mass is 19.1. The fourth-order valence-electron chi connectivity index (χ4n) is 8.48. The van der Waals surface area contributed by atoms with Crippen molar-refractivity contribution in [2.24, 2.45) is 28.6 Å². The number of esters is 1. The molecule has 0 spiro atoms. The Kier molecular flexibility index (Phi) is 6.66. The first-order chi connectivity index (χ1) is 18.3. The zero-order valence-corrected chi connectivity index (χ0v) is 22.9. The second-order valence-electron chi connectivity index (χ2n) is 12.4. The van der Waals surface area contributed by atoms with Gasteiger partial charge in [0.25, 0.3) is 5.91 Å². The Morgan fingerprint density at radius 1 is 1.21 bits per heavy atom. The lowest BCUT2D eigenvalue weighted by Gasteiger charge is -2.62. The molecule has 9 atom stereocenters. The topological polar surface area (TPSA) is 113 Å². The van der Waals surface area contributed by atoms with Gasteiger partial charge in [0, 0.05) is 23.2 Å². The van der Waals surface area contributed by atoms with E-state index in [0.29, 0.717) is 24.8 Å². The van der Waals surface area contributed by atoms with Gasteiger partial charge >= 0.3 is 5.97 Å². The first-order valence-electron chi connectivity index (χ1n) is 13.8. The number of ketones is 1. The highest BCUT2D eigenvalue weighted by molar-refractivity contribution is 6.01. The van der Waals surface area contributed by atoms with Crippen LogP contribution in [0.2, 0.25) is 0 Å². The number of aliphatic hydroxyl groups excluding tert-OH is 1. The highest BCUT2D eigenvalue weighted by Gasteiger charge is 2.75. The lowest BCUT2D eigenvalue weighted by Crippen LogP contribution is -2.70. The molecule has 0 heterocycles. The van der Waals surface area contributed by atoms with Crippen molar-refractivity contribution in [1.29, 1.82) is 0 Å². The van der Waals surface area contributed by atoms with Crippen molar-refractivity contribution in [3.8, 4) is 0 Å². The van der Waals surface area contributed by atoms with Crippen LogP contribution in [0.1, 0.15) is 52.0 Å². The number of alkyl halides is 1. The van der Waals surface area contributed by atoms with E-state index in [2.05, 4.69) is 5.32 Å². The van der Waals surface area contributed by atoms with Gasteiger partial charge in [-0.25, -0.2) is 9.18 Å². The van der Waals surface area contributed by atoms with Crippen molar-refractivity contribution in [3.05, 3.63) is 59.7 Å². The standard InChI is InChI=1S/C31H38FNO6/c1-18-14-23-22-11-10-20-16-21(34)12-13-28(20,2)30(22,32)25(35)17-29(23,3)31(18,38)27(37)33-24(26(36)39-4)15-19-8-6-5-7-9-19/h5-9,12-13,16,18,22-25,35,38H,10-11,14-15,17H2,1-4H3,(H,33,37). The largest absolute Gasteiger partial charge is 0.467 e. The van der Waals surface area contributed by atoms with Crippen molar-refractivity contribution in [3.63, 3.8) is 0 Å². The monoisotopic (exact) mass is 539 g/mol. The fraction of sp³-hybridized carbons (Fsp3) is 0.581. The van der Waals surface area contributed by atoms with Gasteiger partial charge in [0.15, 0.2) is 17.1 Å². The third kappa shape index (κ3) is 3.78. The Morgan fingerprint density at radius 3 is 2.56 bits per heavy atom. The van der Waals surface area contributed by atoms with Crippen molar-refractivity contribution < 1.29 is 33.7 Å². The molecule has 210 valence electrons. The second kappa shape index (κ2) is 9.37. The van der Waals surface area contributed by atoms with E-state index >= 15 is 4.39 Å². The third-order valence-corrected chi connectivity index (χ3v) is 10.6. The highest BCUT2D eigenvalue weighted by Crippen LogP contribution is 2.70. The van der Waals surface area contributed by atoms with E-state index in [0.717, 1.165) is 5.56 Å². The van der Waals surface area contributed by atoms with Crippen LogP contribution < -0.4 is 5.32 Å². The van der Waals surface area contributed by atoms with Gasteiger partial charge in [0.05, 0.1) is 13.2 Å². The number of hydrogen-bond acceptors (Lipinski definition) is 6. The summed E-state index contributed by atoms with van der Waals surface area (Å²) in [6.07, 6.45) is 4.32. The molecule has 0 bridgehead atoms. The van der Waals surface area contributed by atoms with Gasteiger partial charge in [-0.1, -0.05) is 55.8 Å². The number of carbonyl (C=O) groups is 3. The molecular weight excluding hydrogens is 501 g/mol. The Balaban J connectivity index is 1.48. The van der Waals surface area contributed by atoms with Crippen molar-refractivity contribution in [2.75, 3.05) is 7.11 Å². The van der Waals surface area contributed by atoms with E-state index in [-0.39, 0.29) is 18.6 Å². The number of rotatable bonds is 5. The van der Waals surface area contributed by atoms with Gasteiger partial charge in [-0.15, -0.1) is 0 Å². The van der Waals surface area contributed by atoms with Crippen LogP contribution in [0.3, 0.4) is 0 Å². The average Bonchev–Trinajstić information content (AvgIpc) is 3.11. The number of hydrogen-bond donors (Lipinski definition) is 3. The minimum Gasteiger partial charge on any atom is -0.467 e. The summed E-state index contributed by atoms with van der Waals surface area (Å²) in [6.45, 7) is 5.28. The molecule has 5 rings (SSSR count). The lowest BCUT2D eigenvalue weighted by atomic mass is 9.44. The maximum Gasteiger partial charge on any atom is 0.328 e. The number of carbonyl (C=O) groups excluding carboxylic acids is 3. The average molecular weight is 540 g/mol. The number of ether oxygens (including phenoxy) is 1. The maximum atomic E-state index is 17.4. The Labute approximate surface area is 228 Å². The molecule has 9 unspecified atom stereocenters. The van der Waals surface area contributed by atoms with E-state index in [4.69, 9.17) is 4.74 Å². The summed E-state index contributed by atoms with van der Waals surface area (Å²) >= 11 is 0. The number of fused-ring (bicyclic) bond motifs is 5. The summed E-state index contributed by atoms with van der Waals surface area (Å²) in [4.78, 5) is 38.6. The van der Waals surface area contributed by atoms with Crippen LogP contribution in [-0.4, -0.2) is 58.4 Å². The first kappa shape index (κ1) is 27.7. The smallest absolute Gasteiger partial charge is 0.328 e. The second-order valence-corrected chi connectivity index (χ2v) is 12.4. The van der Waals surface area contributed by atoms with E-state index in [1.165, 1.54) is 19.3 Å². The molecule has 0 radical (unpaired) electrons. The number of benzene rings is 1. The number of amides is 1. The van der Waals surface area contributed by atoms with Crippen LogP contribution in [0.15, 0.2) is 54.1 Å². The molecule has 1 aromatic rings. The number of aliphatic hydroxyl groups is 2. The molecule has 1 aromatic carbocycles. The zero-order valence-electron chi connectivity index (χ0n) is 22.9. The van der Waals surface area contributed by atoms with Gasteiger partial charge in [-0.2, -0.15) is 0 Å². The van der Waals surface area contributed by atoms with Crippen LogP contribution in [0.4, 0.5) is 4.39 Å². The quantitative estimate of drug-likeness (QED) is 0.496. The molecule has 4 aliphatic carbocycles. The van der Waals surface area contributed by atoms with Gasteiger partial charge < -0.3 is 20.3 Å². The molecule has 39 heavy (non-hydrogen) atoms. The first-order valence-corrected chi connectivity index (χ1v) is 13.8. The van der Waals surface area contributed by atoms with Crippen LogP contribution in [0.5, 0.6) is 0 Å². The normalized spacial score (nSPS) is 41.5. The minimum absolute atomic E-state index is 0.134. The summed E-state index contributed by atoms with van der Waals surface area (Å²) in [6, 6.07) is 8.17. The molecule has 0 aromatic heterocycles. The molecule has 7 nitrogen and oxygen atoms in total. The third-order valence-electron chi connectivity index (χ3n) is 10.6. The number of nitrogens with one attached hydrogen (secondary N) is 1. The predicted octanol–water partition coefficient (Wildman–Crippen LogP) is 3.23. The van der Waals surface area contributed by atoms with Crippen LogP contribution in [0, 0.1) is 28.6 Å². The molecule has 8 heteroatoms. The minimum atomic E-state index is -2.05.